The SMILES string of the molecule is O=C(COc1c(Cl)cccc1Cl)Nc1c(Cl)cccc1C(F)(F)F. The van der Waals surface area contributed by atoms with Crippen molar-refractivity contribution in [2.24, 2.45) is 0 Å². The molecule has 0 heterocycles. The van der Waals surface area contributed by atoms with E-state index in [2.05, 4.69) is 5.32 Å². The Labute approximate surface area is 150 Å². The zero-order valence-corrected chi connectivity index (χ0v) is 14.0. The van der Waals surface area contributed by atoms with Gasteiger partial charge in [0, 0.05) is 0 Å². The molecule has 2 aromatic carbocycles. The van der Waals surface area contributed by atoms with Crippen molar-refractivity contribution in [2.75, 3.05) is 11.9 Å². The maximum Gasteiger partial charge on any atom is 0.418 e. The van der Waals surface area contributed by atoms with Crippen LogP contribution in [-0.2, 0) is 11.0 Å². The summed E-state index contributed by atoms with van der Waals surface area (Å²) in [6.45, 7) is -0.591. The first-order valence-electron chi connectivity index (χ1n) is 6.42. The summed E-state index contributed by atoms with van der Waals surface area (Å²) in [6, 6.07) is 7.76. The molecular weight excluding hydrogens is 390 g/mol. The minimum Gasteiger partial charge on any atom is -0.481 e. The lowest BCUT2D eigenvalue weighted by atomic mass is 10.1. The van der Waals surface area contributed by atoms with Crippen molar-refractivity contribution < 1.29 is 22.7 Å². The van der Waals surface area contributed by atoms with Gasteiger partial charge in [-0.15, -0.1) is 0 Å². The summed E-state index contributed by atoms with van der Waals surface area (Å²) >= 11 is 17.5. The number of carbonyl (C=O) groups is 1. The number of halogens is 6. The van der Waals surface area contributed by atoms with Crippen molar-refractivity contribution >= 4 is 46.4 Å². The first-order valence-corrected chi connectivity index (χ1v) is 7.56. The van der Waals surface area contributed by atoms with E-state index in [0.29, 0.717) is 0 Å². The van der Waals surface area contributed by atoms with Crippen LogP contribution in [0.15, 0.2) is 36.4 Å². The highest BCUT2D eigenvalue weighted by atomic mass is 35.5. The number of para-hydroxylation sites is 2. The lowest BCUT2D eigenvalue weighted by molar-refractivity contribution is -0.137. The van der Waals surface area contributed by atoms with Crippen molar-refractivity contribution in [1.29, 1.82) is 0 Å². The number of hydrogen-bond donors (Lipinski definition) is 1. The smallest absolute Gasteiger partial charge is 0.418 e. The topological polar surface area (TPSA) is 38.3 Å². The summed E-state index contributed by atoms with van der Waals surface area (Å²) < 4.78 is 44.0. The van der Waals surface area contributed by atoms with Crippen molar-refractivity contribution in [2.45, 2.75) is 6.18 Å². The van der Waals surface area contributed by atoms with Gasteiger partial charge in [-0.3, -0.25) is 4.79 Å². The number of benzene rings is 2. The normalized spacial score (nSPS) is 11.2. The van der Waals surface area contributed by atoms with Gasteiger partial charge in [0.1, 0.15) is 0 Å². The fraction of sp³-hybridized carbons (Fsp3) is 0.133. The van der Waals surface area contributed by atoms with Crippen molar-refractivity contribution in [1.82, 2.24) is 0 Å². The van der Waals surface area contributed by atoms with E-state index in [4.69, 9.17) is 39.5 Å². The lowest BCUT2D eigenvalue weighted by Crippen LogP contribution is -2.22. The Hall–Kier alpha value is -1.63. The predicted molar refractivity (Wildman–Crippen MR) is 87.0 cm³/mol. The molecule has 0 spiro atoms. The van der Waals surface area contributed by atoms with E-state index in [1.54, 1.807) is 6.07 Å². The van der Waals surface area contributed by atoms with E-state index in [1.807, 2.05) is 0 Å². The highest BCUT2D eigenvalue weighted by molar-refractivity contribution is 6.37. The monoisotopic (exact) mass is 397 g/mol. The first kappa shape index (κ1) is 18.7. The fourth-order valence-electron chi connectivity index (χ4n) is 1.82. The largest absolute Gasteiger partial charge is 0.481 e. The van der Waals surface area contributed by atoms with Crippen LogP contribution in [-0.4, -0.2) is 12.5 Å². The number of rotatable bonds is 4. The van der Waals surface area contributed by atoms with Crippen LogP contribution in [0.1, 0.15) is 5.56 Å². The Bertz CT molecular complexity index is 746. The van der Waals surface area contributed by atoms with Crippen LogP contribution in [0, 0.1) is 0 Å². The summed E-state index contributed by atoms with van der Waals surface area (Å²) in [5.74, 6) is -0.782. The molecule has 0 saturated carbocycles. The van der Waals surface area contributed by atoms with Crippen molar-refractivity contribution in [3.05, 3.63) is 57.0 Å². The number of nitrogens with one attached hydrogen (secondary N) is 1. The van der Waals surface area contributed by atoms with E-state index in [1.165, 1.54) is 18.2 Å². The minimum absolute atomic E-state index is 0.0613. The van der Waals surface area contributed by atoms with E-state index in [-0.39, 0.29) is 20.8 Å². The second-order valence-electron chi connectivity index (χ2n) is 4.55. The zero-order chi connectivity index (χ0) is 17.9. The molecule has 0 aliphatic carbocycles. The van der Waals surface area contributed by atoms with Crippen LogP contribution in [0.3, 0.4) is 0 Å². The molecule has 3 nitrogen and oxygen atoms in total. The number of hydrogen-bond acceptors (Lipinski definition) is 2. The van der Waals surface area contributed by atoms with Crippen LogP contribution in [0.25, 0.3) is 0 Å². The number of anilines is 1. The quantitative estimate of drug-likeness (QED) is 0.719. The van der Waals surface area contributed by atoms with E-state index >= 15 is 0 Å². The summed E-state index contributed by atoms with van der Waals surface area (Å²) in [5.41, 5.74) is -1.59. The molecule has 0 unspecified atom stereocenters. The summed E-state index contributed by atoms with van der Waals surface area (Å²) in [7, 11) is 0. The van der Waals surface area contributed by atoms with Gasteiger partial charge in [-0.25, -0.2) is 0 Å². The van der Waals surface area contributed by atoms with Gasteiger partial charge in [-0.1, -0.05) is 46.9 Å². The Morgan fingerprint density at radius 3 is 2.12 bits per heavy atom. The molecule has 24 heavy (non-hydrogen) atoms. The van der Waals surface area contributed by atoms with Gasteiger partial charge in [-0.2, -0.15) is 13.2 Å². The summed E-state index contributed by atoms with van der Waals surface area (Å²) in [5, 5.41) is 2.19. The summed E-state index contributed by atoms with van der Waals surface area (Å²) in [6.07, 6.45) is -4.67. The second kappa shape index (κ2) is 7.51. The Kier molecular flexibility index (Phi) is 5.85. The minimum atomic E-state index is -4.67. The van der Waals surface area contributed by atoms with Gasteiger partial charge in [0.2, 0.25) is 0 Å². The van der Waals surface area contributed by atoms with E-state index < -0.39 is 29.9 Å². The first-order chi connectivity index (χ1) is 11.2. The van der Waals surface area contributed by atoms with Gasteiger partial charge in [0.25, 0.3) is 5.91 Å². The van der Waals surface area contributed by atoms with Crippen molar-refractivity contribution in [3.8, 4) is 5.75 Å². The molecule has 0 atom stereocenters. The molecule has 1 amide bonds. The van der Waals surface area contributed by atoms with Crippen molar-refractivity contribution in [3.63, 3.8) is 0 Å². The van der Waals surface area contributed by atoms with Crippen LogP contribution < -0.4 is 10.1 Å². The van der Waals surface area contributed by atoms with Crippen LogP contribution in [0.5, 0.6) is 5.75 Å². The number of alkyl halides is 3. The molecular formula is C15H9Cl3F3NO2. The van der Waals surface area contributed by atoms with Gasteiger partial charge < -0.3 is 10.1 Å². The molecule has 2 aromatic rings. The van der Waals surface area contributed by atoms with E-state index in [9.17, 15) is 18.0 Å². The molecule has 0 aromatic heterocycles. The number of amides is 1. The fourth-order valence-corrected chi connectivity index (χ4v) is 2.55. The third-order valence-corrected chi connectivity index (χ3v) is 3.76. The van der Waals surface area contributed by atoms with Crippen LogP contribution in [0.2, 0.25) is 15.1 Å². The average molecular weight is 399 g/mol. The molecule has 0 fully saturated rings. The Morgan fingerprint density at radius 1 is 1.00 bits per heavy atom. The molecule has 0 aliphatic rings. The van der Waals surface area contributed by atoms with Gasteiger partial charge in [-0.05, 0) is 24.3 Å². The molecule has 0 saturated heterocycles. The molecule has 0 aliphatic heterocycles. The maximum absolute atomic E-state index is 13.0. The lowest BCUT2D eigenvalue weighted by Gasteiger charge is -2.15. The third kappa shape index (κ3) is 4.47. The van der Waals surface area contributed by atoms with Gasteiger partial charge in [0.05, 0.1) is 26.3 Å². The molecule has 2 rings (SSSR count). The van der Waals surface area contributed by atoms with E-state index in [0.717, 1.165) is 12.1 Å². The van der Waals surface area contributed by atoms with Gasteiger partial charge in [0.15, 0.2) is 12.4 Å². The maximum atomic E-state index is 13.0. The molecule has 0 radical (unpaired) electrons. The molecule has 0 bridgehead atoms. The Morgan fingerprint density at radius 2 is 1.54 bits per heavy atom. The zero-order valence-electron chi connectivity index (χ0n) is 11.8. The Balaban J connectivity index is 2.14. The highest BCUT2D eigenvalue weighted by Gasteiger charge is 2.34. The third-order valence-electron chi connectivity index (χ3n) is 2.85. The molecule has 128 valence electrons. The summed E-state index contributed by atoms with van der Waals surface area (Å²) in [4.78, 5) is 11.9. The van der Waals surface area contributed by atoms with Crippen LogP contribution in [0.4, 0.5) is 18.9 Å². The average Bonchev–Trinajstić information content (AvgIpc) is 2.47. The number of carbonyl (C=O) groups excluding carboxylic acids is 1. The van der Waals surface area contributed by atoms with Crippen LogP contribution >= 0.6 is 34.8 Å². The highest BCUT2D eigenvalue weighted by Crippen LogP contribution is 2.38. The number of ether oxygens (including phenoxy) is 1. The van der Waals surface area contributed by atoms with Gasteiger partial charge >= 0.3 is 6.18 Å². The predicted octanol–water partition coefficient (Wildman–Crippen LogP) is 5.68. The molecule has 9 heteroatoms. The standard InChI is InChI=1S/C15H9Cl3F3NO2/c16-9-4-1-3-8(15(19,20)21)13(9)22-12(23)7-24-14-10(17)5-2-6-11(14)18/h1-6H,7H2,(H,22,23). The molecule has 1 N–H and O–H groups in total. The second-order valence-corrected chi connectivity index (χ2v) is 5.77.